The summed E-state index contributed by atoms with van der Waals surface area (Å²) in [7, 11) is -1.97. The molecule has 0 spiro atoms. The Bertz CT molecular complexity index is 1600. The third kappa shape index (κ3) is 4.30. The lowest BCUT2D eigenvalue weighted by molar-refractivity contribution is -0.153. The number of benzene rings is 3. The van der Waals surface area contributed by atoms with Gasteiger partial charge in [-0.05, 0) is 37.5 Å². The van der Waals surface area contributed by atoms with E-state index in [2.05, 4.69) is 107 Å². The first-order valence-electron chi connectivity index (χ1n) is 14.3. The molecule has 0 saturated carbocycles. The van der Waals surface area contributed by atoms with Crippen molar-refractivity contribution in [1.29, 1.82) is 0 Å². The van der Waals surface area contributed by atoms with Gasteiger partial charge in [0.25, 0.3) is 0 Å². The van der Waals surface area contributed by atoms with Crippen molar-refractivity contribution in [2.24, 2.45) is 0 Å². The van der Waals surface area contributed by atoms with E-state index in [4.69, 9.17) is 4.98 Å². The Morgan fingerprint density at radius 3 is 1.81 bits per heavy atom. The van der Waals surface area contributed by atoms with Gasteiger partial charge in [-0.15, -0.1) is 23.1 Å². The normalized spacial score (nSPS) is 19.3. The molecule has 8 heteroatoms. The third-order valence-electron chi connectivity index (χ3n) is 8.36. The number of hydrogen-bond acceptors (Lipinski definition) is 5. The number of hydrogen-bond donors (Lipinski definition) is 0. The van der Waals surface area contributed by atoms with Gasteiger partial charge in [0.1, 0.15) is 10.7 Å². The number of ketones is 1. The van der Waals surface area contributed by atoms with Crippen LogP contribution in [0.4, 0.5) is 0 Å². The van der Waals surface area contributed by atoms with Crippen molar-refractivity contribution >= 4 is 48.5 Å². The fourth-order valence-corrected chi connectivity index (χ4v) is 12.1. The second-order valence-electron chi connectivity index (χ2n) is 12.2. The molecule has 3 heterocycles. The van der Waals surface area contributed by atoms with E-state index < -0.39 is 29.5 Å². The topological polar surface area (TPSA) is 54.7 Å². The minimum Gasteiger partial charge on any atom is -0.324 e. The highest BCUT2D eigenvalue weighted by Gasteiger charge is 2.71. The van der Waals surface area contributed by atoms with Crippen molar-refractivity contribution in [2.45, 2.75) is 54.6 Å². The van der Waals surface area contributed by atoms with Gasteiger partial charge >= 0.3 is 0 Å². The standard InChI is InChI=1S/C34H35N3O2S2Si/c1-32(2,3)37-29(39)34(42(4)5,28(38)27-23-36-21-22-40-31(36)35-27)30(37)41-33(24-15-9-6-10-16-24,25-17-11-7-12-18-25)26-19-13-8-14-20-26/h6-23,30,42H,1-5H3. The van der Waals surface area contributed by atoms with Crippen LogP contribution in [-0.2, 0) is 9.54 Å². The van der Waals surface area contributed by atoms with Gasteiger partial charge in [-0.1, -0.05) is 104 Å². The number of rotatable bonds is 8. The molecule has 0 aliphatic carbocycles. The van der Waals surface area contributed by atoms with Gasteiger partial charge < -0.3 is 4.90 Å². The van der Waals surface area contributed by atoms with Crippen molar-refractivity contribution in [3.63, 3.8) is 0 Å². The maximum atomic E-state index is 14.7. The van der Waals surface area contributed by atoms with Crippen LogP contribution < -0.4 is 0 Å². The molecule has 1 aliphatic heterocycles. The Morgan fingerprint density at radius 1 is 0.881 bits per heavy atom. The van der Waals surface area contributed by atoms with E-state index >= 15 is 0 Å². The predicted octanol–water partition coefficient (Wildman–Crippen LogP) is 7.50. The minimum absolute atomic E-state index is 0.0707. The summed E-state index contributed by atoms with van der Waals surface area (Å²) >= 11 is 3.22. The highest BCUT2D eigenvalue weighted by atomic mass is 32.2. The summed E-state index contributed by atoms with van der Waals surface area (Å²) in [6, 6.07) is 31.5. The number of amides is 1. The van der Waals surface area contributed by atoms with E-state index in [0.29, 0.717) is 5.69 Å². The first-order chi connectivity index (χ1) is 20.1. The molecule has 2 atom stereocenters. The van der Waals surface area contributed by atoms with Crippen LogP contribution in [0.25, 0.3) is 4.96 Å². The van der Waals surface area contributed by atoms with Gasteiger partial charge in [0.05, 0.1) is 18.9 Å². The number of imidazole rings is 1. The zero-order chi connectivity index (χ0) is 29.7. The zero-order valence-electron chi connectivity index (χ0n) is 24.5. The van der Waals surface area contributed by atoms with Crippen LogP contribution in [0.15, 0.2) is 109 Å². The Kier molecular flexibility index (Phi) is 7.28. The second kappa shape index (κ2) is 10.7. The van der Waals surface area contributed by atoms with E-state index in [0.717, 1.165) is 21.7 Å². The molecule has 1 fully saturated rings. The van der Waals surface area contributed by atoms with Gasteiger partial charge in [-0.2, -0.15) is 0 Å². The van der Waals surface area contributed by atoms with Crippen LogP contribution in [0.1, 0.15) is 48.0 Å². The number of aromatic nitrogens is 2. The van der Waals surface area contributed by atoms with Crippen molar-refractivity contribution in [3.8, 4) is 0 Å². The summed E-state index contributed by atoms with van der Waals surface area (Å²) in [6.07, 6.45) is 3.70. The maximum absolute atomic E-state index is 14.7. The molecule has 214 valence electrons. The third-order valence-corrected chi connectivity index (χ3v) is 13.9. The van der Waals surface area contributed by atoms with Crippen LogP contribution in [0.5, 0.6) is 0 Å². The van der Waals surface area contributed by atoms with E-state index in [1.165, 1.54) is 11.3 Å². The van der Waals surface area contributed by atoms with Gasteiger partial charge in [0, 0.05) is 23.3 Å². The fourth-order valence-electron chi connectivity index (χ4n) is 6.29. The Hall–Kier alpha value is -3.46. The molecule has 0 radical (unpaired) electrons. The lowest BCUT2D eigenvalue weighted by Crippen LogP contribution is -2.75. The first kappa shape index (κ1) is 28.6. The fraction of sp³-hybridized carbons (Fsp3) is 0.265. The molecule has 1 aliphatic rings. The Balaban J connectivity index is 1.61. The van der Waals surface area contributed by atoms with Gasteiger partial charge in [-0.3, -0.25) is 14.0 Å². The molecule has 3 aromatic carbocycles. The summed E-state index contributed by atoms with van der Waals surface area (Å²) < 4.78 is 1.20. The molecular weight excluding hydrogens is 575 g/mol. The molecule has 2 aromatic heterocycles. The largest absolute Gasteiger partial charge is 0.324 e. The summed E-state index contributed by atoms with van der Waals surface area (Å²) in [5.74, 6) is -0.218. The molecule has 42 heavy (non-hydrogen) atoms. The number of likely N-dealkylation sites (tertiary alicyclic amines) is 1. The molecule has 1 amide bonds. The van der Waals surface area contributed by atoms with E-state index in [1.807, 2.05) is 39.1 Å². The monoisotopic (exact) mass is 609 g/mol. The number of β-lactam (4-membered cyclic amide) rings is 1. The van der Waals surface area contributed by atoms with Gasteiger partial charge in [-0.25, -0.2) is 4.98 Å². The summed E-state index contributed by atoms with van der Waals surface area (Å²) in [4.78, 5) is 36.7. The lowest BCUT2D eigenvalue weighted by Gasteiger charge is -2.62. The Morgan fingerprint density at radius 2 is 1.38 bits per heavy atom. The smallest absolute Gasteiger partial charge is 0.237 e. The highest BCUT2D eigenvalue weighted by molar-refractivity contribution is 8.01. The molecule has 2 unspecified atom stereocenters. The van der Waals surface area contributed by atoms with Crippen molar-refractivity contribution in [2.75, 3.05) is 0 Å². The van der Waals surface area contributed by atoms with E-state index in [9.17, 15) is 9.59 Å². The average molecular weight is 610 g/mol. The van der Waals surface area contributed by atoms with E-state index in [-0.39, 0.29) is 11.7 Å². The molecule has 0 bridgehead atoms. The number of Topliss-reactive ketones (excluding diaryl/α,β-unsaturated/α-hetero) is 1. The zero-order valence-corrected chi connectivity index (χ0v) is 27.3. The SMILES string of the molecule is C[SiH](C)C1(C(=O)c2cn3ccsc3n2)C(=O)N(C(C)(C)C)C1SC(c1ccccc1)(c1ccccc1)c1ccccc1. The highest BCUT2D eigenvalue weighted by Crippen LogP contribution is 2.63. The average Bonchev–Trinajstić information content (AvgIpc) is 3.59. The van der Waals surface area contributed by atoms with Crippen LogP contribution >= 0.6 is 23.1 Å². The van der Waals surface area contributed by atoms with E-state index in [1.54, 1.807) is 18.0 Å². The molecule has 0 N–H and O–H groups in total. The molecular formula is C34H35N3O2S2Si. The lowest BCUT2D eigenvalue weighted by atomic mass is 9.83. The molecule has 5 aromatic rings. The van der Waals surface area contributed by atoms with Crippen LogP contribution in [0.3, 0.4) is 0 Å². The van der Waals surface area contributed by atoms with Gasteiger partial charge in [0.2, 0.25) is 5.91 Å². The van der Waals surface area contributed by atoms with Gasteiger partial charge in [0.15, 0.2) is 10.7 Å². The van der Waals surface area contributed by atoms with Crippen LogP contribution in [0.2, 0.25) is 18.1 Å². The first-order valence-corrected chi connectivity index (χ1v) is 18.9. The van der Waals surface area contributed by atoms with Crippen LogP contribution in [0, 0.1) is 0 Å². The molecule has 1 saturated heterocycles. The Labute approximate surface area is 257 Å². The number of nitrogens with zero attached hydrogens (tertiary/aromatic N) is 3. The second-order valence-corrected chi connectivity index (χ2v) is 17.6. The number of carbonyl (C=O) groups excluding carboxylic acids is 2. The summed E-state index contributed by atoms with van der Waals surface area (Å²) in [6.45, 7) is 10.5. The number of carbonyl (C=O) groups is 2. The maximum Gasteiger partial charge on any atom is 0.237 e. The summed E-state index contributed by atoms with van der Waals surface area (Å²) in [5.41, 5.74) is 3.21. The quantitative estimate of drug-likeness (QED) is 0.0601. The molecule has 6 rings (SSSR count). The number of thioether (sulfide) groups is 1. The van der Waals surface area contributed by atoms with Crippen LogP contribution in [-0.4, -0.2) is 45.7 Å². The summed E-state index contributed by atoms with van der Waals surface area (Å²) in [5, 5.41) is 0.405. The minimum atomic E-state index is -1.97. The molecule has 5 nitrogen and oxygen atoms in total. The van der Waals surface area contributed by atoms with Crippen molar-refractivity contribution in [3.05, 3.63) is 131 Å². The van der Waals surface area contributed by atoms with Crippen molar-refractivity contribution in [1.82, 2.24) is 14.3 Å². The van der Waals surface area contributed by atoms with Crippen molar-refractivity contribution < 1.29 is 9.59 Å². The number of thiazole rings is 1. The predicted molar refractivity (Wildman–Crippen MR) is 176 cm³/mol. The number of fused-ring (bicyclic) bond motifs is 1.